The van der Waals surface area contributed by atoms with E-state index in [4.69, 9.17) is 23.4 Å². The predicted molar refractivity (Wildman–Crippen MR) is 106 cm³/mol. The second kappa shape index (κ2) is 6.93. The van der Waals surface area contributed by atoms with Gasteiger partial charge in [0, 0.05) is 24.7 Å². The molecule has 5 rings (SSSR count). The van der Waals surface area contributed by atoms with Crippen LogP contribution in [-0.2, 0) is 9.47 Å². The number of benzene rings is 2. The second-order valence-corrected chi connectivity index (χ2v) is 7.39. The normalized spacial score (nSPS) is 22.6. The maximum atomic E-state index is 13.2. The third kappa shape index (κ3) is 2.76. The van der Waals surface area contributed by atoms with Gasteiger partial charge in [0.2, 0.25) is 11.7 Å². The van der Waals surface area contributed by atoms with Crippen LogP contribution in [0.5, 0.6) is 17.2 Å². The minimum atomic E-state index is -0.489. The van der Waals surface area contributed by atoms with Crippen LogP contribution in [-0.4, -0.2) is 31.4 Å². The average Bonchev–Trinajstić information content (AvgIpc) is 3.24. The Morgan fingerprint density at radius 3 is 2.93 bits per heavy atom. The topological polar surface area (TPSA) is 87.4 Å². The molecule has 29 heavy (non-hydrogen) atoms. The molecule has 1 aromatic heterocycles. The van der Waals surface area contributed by atoms with E-state index < -0.39 is 6.29 Å². The molecule has 3 atom stereocenters. The van der Waals surface area contributed by atoms with Crippen molar-refractivity contribution in [3.8, 4) is 17.2 Å². The molecule has 2 aliphatic heterocycles. The number of fused-ring (bicyclic) bond motifs is 6. The van der Waals surface area contributed by atoms with Gasteiger partial charge in [0.25, 0.3) is 0 Å². The summed E-state index contributed by atoms with van der Waals surface area (Å²) in [4.78, 5) is 13.2. The molecule has 152 valence electrons. The molecule has 1 N–H and O–H groups in total. The van der Waals surface area contributed by atoms with Crippen molar-refractivity contribution in [3.63, 3.8) is 0 Å². The maximum Gasteiger partial charge on any atom is 0.209 e. The largest absolute Gasteiger partial charge is 0.507 e. The summed E-state index contributed by atoms with van der Waals surface area (Å²) in [7, 11) is 1.49. The van der Waals surface area contributed by atoms with E-state index in [-0.39, 0.29) is 28.8 Å². The van der Waals surface area contributed by atoms with Crippen molar-refractivity contribution in [3.05, 3.63) is 40.1 Å². The van der Waals surface area contributed by atoms with E-state index in [1.807, 2.05) is 0 Å². The maximum absolute atomic E-state index is 13.2. The van der Waals surface area contributed by atoms with E-state index in [1.165, 1.54) is 13.2 Å². The van der Waals surface area contributed by atoms with Crippen molar-refractivity contribution in [2.24, 2.45) is 0 Å². The predicted octanol–water partition coefficient (Wildman–Crippen LogP) is 4.03. The molecule has 2 aliphatic rings. The number of ether oxygens (including phenoxy) is 4. The first kappa shape index (κ1) is 18.3. The SMILES string of the molecule is CCCCO[C@@H]1C[C@H]2c3c(cc(OC)c4c(=O)c5c(O)cccc5oc34)O[C@H]2O1. The first-order valence-corrected chi connectivity index (χ1v) is 9.85. The van der Waals surface area contributed by atoms with Crippen molar-refractivity contribution in [1.29, 1.82) is 0 Å². The number of rotatable bonds is 5. The van der Waals surface area contributed by atoms with E-state index in [1.54, 1.807) is 18.2 Å². The van der Waals surface area contributed by atoms with Crippen LogP contribution < -0.4 is 14.9 Å². The fourth-order valence-corrected chi connectivity index (χ4v) is 4.20. The van der Waals surface area contributed by atoms with Crippen LogP contribution in [0.2, 0.25) is 0 Å². The number of phenols is 1. The standard InChI is InChI=1S/C22H22O7/c1-3-4-8-26-16-9-11-17-15(28-22(11)29-16)10-14(25-2)19-20(24)18-12(23)6-5-7-13(18)27-21(17)19/h5-7,10-11,16,22-23H,3-4,8-9H2,1-2H3/t11-,16-,22-/m0/s1. The minimum Gasteiger partial charge on any atom is -0.507 e. The summed E-state index contributed by atoms with van der Waals surface area (Å²) in [6.45, 7) is 2.74. The Morgan fingerprint density at radius 2 is 2.14 bits per heavy atom. The molecule has 2 aromatic carbocycles. The summed E-state index contributed by atoms with van der Waals surface area (Å²) in [6.07, 6.45) is 1.80. The first-order chi connectivity index (χ1) is 14.1. The van der Waals surface area contributed by atoms with E-state index in [0.717, 1.165) is 18.4 Å². The zero-order valence-corrected chi connectivity index (χ0v) is 16.3. The fourth-order valence-electron chi connectivity index (χ4n) is 4.20. The van der Waals surface area contributed by atoms with Crippen molar-refractivity contribution in [2.45, 2.75) is 44.7 Å². The van der Waals surface area contributed by atoms with Crippen LogP contribution in [0.25, 0.3) is 21.9 Å². The lowest BCUT2D eigenvalue weighted by molar-refractivity contribution is -0.175. The lowest BCUT2D eigenvalue weighted by Crippen LogP contribution is -2.18. The highest BCUT2D eigenvalue weighted by Crippen LogP contribution is 2.51. The quantitative estimate of drug-likeness (QED) is 0.513. The van der Waals surface area contributed by atoms with Gasteiger partial charge in [-0.2, -0.15) is 0 Å². The van der Waals surface area contributed by atoms with Gasteiger partial charge in [0.15, 0.2) is 6.29 Å². The third-order valence-corrected chi connectivity index (χ3v) is 5.61. The van der Waals surface area contributed by atoms with Gasteiger partial charge in [-0.25, -0.2) is 0 Å². The van der Waals surface area contributed by atoms with E-state index in [9.17, 15) is 9.90 Å². The Bertz CT molecular complexity index is 1150. The Hall–Kier alpha value is -2.77. The molecular weight excluding hydrogens is 376 g/mol. The molecule has 7 heteroatoms. The van der Waals surface area contributed by atoms with Crippen LogP contribution in [0.3, 0.4) is 0 Å². The molecule has 3 heterocycles. The number of hydrogen-bond acceptors (Lipinski definition) is 7. The molecule has 0 unspecified atom stereocenters. The number of aromatic hydroxyl groups is 1. The van der Waals surface area contributed by atoms with Gasteiger partial charge < -0.3 is 28.5 Å². The molecule has 0 saturated carbocycles. The van der Waals surface area contributed by atoms with Gasteiger partial charge in [-0.15, -0.1) is 0 Å². The molecule has 0 bridgehead atoms. The third-order valence-electron chi connectivity index (χ3n) is 5.61. The molecule has 0 amide bonds. The smallest absolute Gasteiger partial charge is 0.209 e. The lowest BCUT2D eigenvalue weighted by Gasteiger charge is -2.15. The molecule has 0 aliphatic carbocycles. The molecule has 7 nitrogen and oxygen atoms in total. The number of unbranched alkanes of at least 4 members (excludes halogenated alkanes) is 1. The summed E-state index contributed by atoms with van der Waals surface area (Å²) in [5.41, 5.74) is 1.18. The average molecular weight is 398 g/mol. The molecule has 3 aromatic rings. The van der Waals surface area contributed by atoms with Crippen LogP contribution in [0.4, 0.5) is 0 Å². The summed E-state index contributed by atoms with van der Waals surface area (Å²) in [6, 6.07) is 6.46. The van der Waals surface area contributed by atoms with E-state index >= 15 is 0 Å². The van der Waals surface area contributed by atoms with Crippen molar-refractivity contribution in [2.75, 3.05) is 13.7 Å². The summed E-state index contributed by atoms with van der Waals surface area (Å²) >= 11 is 0. The molecule has 1 fully saturated rings. The van der Waals surface area contributed by atoms with Crippen molar-refractivity contribution >= 4 is 21.9 Å². The fraction of sp³-hybridized carbons (Fsp3) is 0.409. The molecule has 0 radical (unpaired) electrons. The highest BCUT2D eigenvalue weighted by atomic mass is 16.8. The van der Waals surface area contributed by atoms with Gasteiger partial charge in [-0.1, -0.05) is 19.4 Å². The van der Waals surface area contributed by atoms with Crippen LogP contribution in [0, 0.1) is 0 Å². The number of phenolic OH excluding ortho intramolecular Hbond substituents is 1. The van der Waals surface area contributed by atoms with E-state index in [2.05, 4.69) is 6.92 Å². The summed E-state index contributed by atoms with van der Waals surface area (Å²) < 4.78 is 29.3. The van der Waals surface area contributed by atoms with Gasteiger partial charge >= 0.3 is 0 Å². The van der Waals surface area contributed by atoms with E-state index in [0.29, 0.717) is 41.1 Å². The summed E-state index contributed by atoms with van der Waals surface area (Å²) in [5.74, 6) is 0.693. The minimum absolute atomic E-state index is 0.108. The summed E-state index contributed by atoms with van der Waals surface area (Å²) in [5, 5.41) is 10.6. The monoisotopic (exact) mass is 398 g/mol. The molecule has 0 spiro atoms. The molecule has 1 saturated heterocycles. The van der Waals surface area contributed by atoms with Gasteiger partial charge in [0.1, 0.15) is 39.2 Å². The Kier molecular flexibility index (Phi) is 4.37. The highest BCUT2D eigenvalue weighted by molar-refractivity contribution is 5.98. The zero-order valence-electron chi connectivity index (χ0n) is 16.3. The van der Waals surface area contributed by atoms with Gasteiger partial charge in [-0.3, -0.25) is 4.79 Å². The van der Waals surface area contributed by atoms with Crippen LogP contribution >= 0.6 is 0 Å². The first-order valence-electron chi connectivity index (χ1n) is 9.85. The highest BCUT2D eigenvalue weighted by Gasteiger charge is 2.47. The molecular formula is C22H22O7. The van der Waals surface area contributed by atoms with Gasteiger partial charge in [0.05, 0.1) is 13.0 Å². The number of hydrogen-bond donors (Lipinski definition) is 1. The van der Waals surface area contributed by atoms with Crippen LogP contribution in [0.15, 0.2) is 33.5 Å². The van der Waals surface area contributed by atoms with Crippen LogP contribution in [0.1, 0.15) is 37.7 Å². The van der Waals surface area contributed by atoms with Gasteiger partial charge in [-0.05, 0) is 18.6 Å². The lowest BCUT2D eigenvalue weighted by atomic mass is 9.95. The number of methoxy groups -OCH3 is 1. The second-order valence-electron chi connectivity index (χ2n) is 7.39. The van der Waals surface area contributed by atoms with Crippen molar-refractivity contribution in [1.82, 2.24) is 0 Å². The van der Waals surface area contributed by atoms with Crippen molar-refractivity contribution < 1.29 is 28.5 Å². The zero-order chi connectivity index (χ0) is 20.1. The Morgan fingerprint density at radius 1 is 1.28 bits per heavy atom. The Balaban J connectivity index is 1.67. The Labute approximate surface area is 166 Å².